The molecule has 0 atom stereocenters. The highest BCUT2D eigenvalue weighted by Gasteiger charge is 2.20. The molecule has 0 saturated heterocycles. The van der Waals surface area contributed by atoms with Gasteiger partial charge in [0.1, 0.15) is 0 Å². The Hall–Kier alpha value is -2.66. The number of ether oxygens (including phenoxy) is 1. The van der Waals surface area contributed by atoms with Crippen LogP contribution in [0.2, 0.25) is 0 Å². The van der Waals surface area contributed by atoms with E-state index < -0.39 is 0 Å². The molecule has 0 saturated carbocycles. The molecule has 4 rings (SSSR count). The SMILES string of the molecule is CCOc1scc(-c2ccccc2)c1-c1cnn2cccnc12. The molecule has 3 heterocycles. The molecule has 4 nitrogen and oxygen atoms in total. The summed E-state index contributed by atoms with van der Waals surface area (Å²) in [7, 11) is 0. The second-order valence-corrected chi connectivity index (χ2v) is 5.90. The molecule has 0 amide bonds. The normalized spacial score (nSPS) is 11.0. The minimum absolute atomic E-state index is 0.633. The maximum atomic E-state index is 5.87. The third-order valence-electron chi connectivity index (χ3n) is 3.67. The number of rotatable bonds is 4. The van der Waals surface area contributed by atoms with Crippen molar-refractivity contribution < 1.29 is 4.74 Å². The van der Waals surface area contributed by atoms with Crippen molar-refractivity contribution >= 4 is 17.0 Å². The van der Waals surface area contributed by atoms with Gasteiger partial charge < -0.3 is 4.74 Å². The van der Waals surface area contributed by atoms with Crippen LogP contribution in [-0.2, 0) is 0 Å². The molecule has 0 radical (unpaired) electrons. The van der Waals surface area contributed by atoms with E-state index in [9.17, 15) is 0 Å². The number of fused-ring (bicyclic) bond motifs is 1. The summed E-state index contributed by atoms with van der Waals surface area (Å²) in [6.07, 6.45) is 5.55. The van der Waals surface area contributed by atoms with Crippen LogP contribution in [0.3, 0.4) is 0 Å². The summed E-state index contributed by atoms with van der Waals surface area (Å²) in [5.74, 6) is 0. The number of hydrogen-bond donors (Lipinski definition) is 0. The number of hydrogen-bond acceptors (Lipinski definition) is 4. The molecule has 0 fully saturated rings. The van der Waals surface area contributed by atoms with E-state index in [1.54, 1.807) is 22.0 Å². The number of thiophene rings is 1. The van der Waals surface area contributed by atoms with Gasteiger partial charge in [-0.15, -0.1) is 11.3 Å². The molecular weight excluding hydrogens is 306 g/mol. The molecule has 114 valence electrons. The van der Waals surface area contributed by atoms with Crippen LogP contribution in [0.5, 0.6) is 5.06 Å². The first-order chi connectivity index (χ1) is 11.4. The summed E-state index contributed by atoms with van der Waals surface area (Å²) >= 11 is 1.62. The van der Waals surface area contributed by atoms with Gasteiger partial charge >= 0.3 is 0 Å². The summed E-state index contributed by atoms with van der Waals surface area (Å²) in [6, 6.07) is 12.2. The van der Waals surface area contributed by atoms with E-state index in [0.29, 0.717) is 6.61 Å². The summed E-state index contributed by atoms with van der Waals surface area (Å²) < 4.78 is 7.65. The molecule has 5 heteroatoms. The topological polar surface area (TPSA) is 39.4 Å². The summed E-state index contributed by atoms with van der Waals surface area (Å²) in [4.78, 5) is 4.48. The summed E-state index contributed by atoms with van der Waals surface area (Å²) in [6.45, 7) is 2.63. The average molecular weight is 321 g/mol. The quantitative estimate of drug-likeness (QED) is 0.554. The van der Waals surface area contributed by atoms with Gasteiger partial charge in [0, 0.05) is 28.9 Å². The lowest BCUT2D eigenvalue weighted by molar-refractivity contribution is 0.352. The molecule has 4 aromatic rings. The van der Waals surface area contributed by atoms with Gasteiger partial charge in [0.2, 0.25) is 0 Å². The van der Waals surface area contributed by atoms with E-state index in [1.807, 2.05) is 43.6 Å². The van der Waals surface area contributed by atoms with Crippen LogP contribution in [-0.4, -0.2) is 21.2 Å². The maximum absolute atomic E-state index is 5.87. The second-order valence-electron chi connectivity index (χ2n) is 5.06. The van der Waals surface area contributed by atoms with E-state index in [4.69, 9.17) is 4.74 Å². The van der Waals surface area contributed by atoms with Gasteiger partial charge in [-0.05, 0) is 18.6 Å². The largest absolute Gasteiger partial charge is 0.484 e. The fourth-order valence-corrected chi connectivity index (χ4v) is 3.67. The van der Waals surface area contributed by atoms with Crippen molar-refractivity contribution in [2.75, 3.05) is 6.61 Å². The Morgan fingerprint density at radius 2 is 2.00 bits per heavy atom. The summed E-state index contributed by atoms with van der Waals surface area (Å²) in [5.41, 5.74) is 5.22. The third kappa shape index (κ3) is 2.39. The molecule has 23 heavy (non-hydrogen) atoms. The van der Waals surface area contributed by atoms with Crippen molar-refractivity contribution in [1.29, 1.82) is 0 Å². The Labute approximate surface area is 138 Å². The lowest BCUT2D eigenvalue weighted by Crippen LogP contribution is -1.92. The van der Waals surface area contributed by atoms with Crippen LogP contribution < -0.4 is 4.74 Å². The molecule has 0 spiro atoms. The minimum Gasteiger partial charge on any atom is -0.484 e. The number of benzene rings is 1. The minimum atomic E-state index is 0.633. The first-order valence-electron chi connectivity index (χ1n) is 7.47. The molecule has 0 bridgehead atoms. The van der Waals surface area contributed by atoms with Gasteiger partial charge in [-0.3, -0.25) is 0 Å². The molecular formula is C18H15N3OS. The van der Waals surface area contributed by atoms with Gasteiger partial charge in [-0.2, -0.15) is 5.10 Å². The van der Waals surface area contributed by atoms with E-state index >= 15 is 0 Å². The van der Waals surface area contributed by atoms with Crippen LogP contribution >= 0.6 is 11.3 Å². The van der Waals surface area contributed by atoms with Gasteiger partial charge in [0.05, 0.1) is 18.4 Å². The second kappa shape index (κ2) is 5.85. The zero-order chi connectivity index (χ0) is 15.6. The van der Waals surface area contributed by atoms with Gasteiger partial charge in [0.25, 0.3) is 0 Å². The van der Waals surface area contributed by atoms with Gasteiger partial charge in [-0.25, -0.2) is 9.50 Å². The van der Waals surface area contributed by atoms with Crippen LogP contribution in [0, 0.1) is 0 Å². The van der Waals surface area contributed by atoms with Crippen LogP contribution in [0.15, 0.2) is 60.4 Å². The van der Waals surface area contributed by atoms with Crippen LogP contribution in [0.25, 0.3) is 27.9 Å². The fourth-order valence-electron chi connectivity index (χ4n) is 2.67. The third-order valence-corrected chi connectivity index (χ3v) is 4.56. The Kier molecular flexibility index (Phi) is 3.55. The van der Waals surface area contributed by atoms with Crippen LogP contribution in [0.4, 0.5) is 0 Å². The Bertz CT molecular complexity index is 943. The molecule has 0 N–H and O–H groups in total. The van der Waals surface area contributed by atoms with E-state index in [0.717, 1.165) is 27.4 Å². The van der Waals surface area contributed by atoms with Crippen molar-refractivity contribution in [1.82, 2.24) is 14.6 Å². The average Bonchev–Trinajstić information content (AvgIpc) is 3.20. The zero-order valence-corrected chi connectivity index (χ0v) is 13.5. The van der Waals surface area contributed by atoms with E-state index in [1.165, 1.54) is 5.56 Å². The predicted octanol–water partition coefficient (Wildman–Crippen LogP) is 4.52. The molecule has 0 aliphatic carbocycles. The Morgan fingerprint density at radius 1 is 1.13 bits per heavy atom. The van der Waals surface area contributed by atoms with Crippen molar-refractivity contribution in [2.45, 2.75) is 6.92 Å². The highest BCUT2D eigenvalue weighted by Crippen LogP contribution is 2.45. The highest BCUT2D eigenvalue weighted by atomic mass is 32.1. The number of nitrogens with zero attached hydrogens (tertiary/aromatic N) is 3. The van der Waals surface area contributed by atoms with E-state index in [2.05, 4.69) is 27.6 Å². The number of aromatic nitrogens is 3. The summed E-state index contributed by atoms with van der Waals surface area (Å²) in [5, 5.41) is 7.46. The Balaban J connectivity index is 1.97. The maximum Gasteiger partial charge on any atom is 0.182 e. The lowest BCUT2D eigenvalue weighted by atomic mass is 10.0. The van der Waals surface area contributed by atoms with Crippen molar-refractivity contribution in [3.05, 3.63) is 60.4 Å². The zero-order valence-electron chi connectivity index (χ0n) is 12.6. The highest BCUT2D eigenvalue weighted by molar-refractivity contribution is 7.13. The Morgan fingerprint density at radius 3 is 2.83 bits per heavy atom. The van der Waals surface area contributed by atoms with E-state index in [-0.39, 0.29) is 0 Å². The van der Waals surface area contributed by atoms with Crippen molar-refractivity contribution in [2.24, 2.45) is 0 Å². The van der Waals surface area contributed by atoms with Crippen molar-refractivity contribution in [3.8, 4) is 27.3 Å². The molecule has 1 aromatic carbocycles. The lowest BCUT2D eigenvalue weighted by Gasteiger charge is -2.07. The van der Waals surface area contributed by atoms with Gasteiger partial charge in [0.15, 0.2) is 10.7 Å². The molecule has 0 aliphatic rings. The predicted molar refractivity (Wildman–Crippen MR) is 92.9 cm³/mol. The first kappa shape index (κ1) is 14.0. The first-order valence-corrected chi connectivity index (χ1v) is 8.35. The molecule has 0 unspecified atom stereocenters. The standard InChI is InChI=1S/C18H15N3OS/c1-2-22-18-16(14-11-20-21-10-6-9-19-17(14)21)15(12-23-18)13-7-4-3-5-8-13/h3-12H,2H2,1H3. The molecule has 3 aromatic heterocycles. The monoisotopic (exact) mass is 321 g/mol. The van der Waals surface area contributed by atoms with Crippen molar-refractivity contribution in [3.63, 3.8) is 0 Å². The van der Waals surface area contributed by atoms with Gasteiger partial charge in [-0.1, -0.05) is 30.3 Å². The molecule has 0 aliphatic heterocycles. The smallest absolute Gasteiger partial charge is 0.182 e. The fraction of sp³-hybridized carbons (Fsp3) is 0.111. The van der Waals surface area contributed by atoms with Crippen LogP contribution in [0.1, 0.15) is 6.92 Å².